The maximum Gasteiger partial charge on any atom is 0.234 e. The first-order chi connectivity index (χ1) is 7.76. The molecule has 0 saturated carbocycles. The fourth-order valence-corrected chi connectivity index (χ4v) is 3.50. The molecule has 0 heterocycles. The molecule has 1 amide bonds. The van der Waals surface area contributed by atoms with Gasteiger partial charge in [-0.3, -0.25) is 9.00 Å². The van der Waals surface area contributed by atoms with E-state index in [4.69, 9.17) is 5.26 Å². The molecule has 1 unspecified atom stereocenters. The van der Waals surface area contributed by atoms with E-state index in [0.717, 1.165) is 6.26 Å². The van der Waals surface area contributed by atoms with Gasteiger partial charge >= 0.3 is 0 Å². The number of carbonyl (C=O) groups is 1. The van der Waals surface area contributed by atoms with Crippen molar-refractivity contribution in [3.05, 3.63) is 0 Å². The molecule has 0 aromatic heterocycles. The molecule has 6 nitrogen and oxygen atoms in total. The van der Waals surface area contributed by atoms with Crippen LogP contribution in [0, 0.1) is 11.3 Å². The third-order valence-electron chi connectivity index (χ3n) is 1.95. The van der Waals surface area contributed by atoms with E-state index in [2.05, 4.69) is 0 Å². The first-order valence-electron chi connectivity index (χ1n) is 4.90. The summed E-state index contributed by atoms with van der Waals surface area (Å²) in [6.07, 6.45) is 1.28. The summed E-state index contributed by atoms with van der Waals surface area (Å²) in [4.78, 5) is 12.8. The van der Waals surface area contributed by atoms with Gasteiger partial charge in [0, 0.05) is 36.4 Å². The molecular formula is C9H16N2O4S2. The number of hydrogen-bond acceptors (Lipinski definition) is 5. The second-order valence-corrected chi connectivity index (χ2v) is 7.48. The maximum absolute atomic E-state index is 11.5. The van der Waals surface area contributed by atoms with Crippen molar-refractivity contribution >= 4 is 26.5 Å². The summed E-state index contributed by atoms with van der Waals surface area (Å²) in [5.41, 5.74) is 0. The minimum Gasteiger partial charge on any atom is -0.344 e. The van der Waals surface area contributed by atoms with Crippen molar-refractivity contribution in [2.45, 2.75) is 6.42 Å². The molecule has 0 rings (SSSR count). The van der Waals surface area contributed by atoms with Crippen LogP contribution >= 0.6 is 0 Å². The zero-order valence-electron chi connectivity index (χ0n) is 9.88. The van der Waals surface area contributed by atoms with E-state index in [1.165, 1.54) is 11.9 Å². The molecular weight excluding hydrogens is 264 g/mol. The first-order valence-corrected chi connectivity index (χ1v) is 8.44. The molecule has 0 N–H and O–H groups in total. The van der Waals surface area contributed by atoms with Crippen LogP contribution in [0.5, 0.6) is 0 Å². The van der Waals surface area contributed by atoms with Crippen LogP contribution in [0.3, 0.4) is 0 Å². The molecule has 0 aromatic carbocycles. The second kappa shape index (κ2) is 7.40. The van der Waals surface area contributed by atoms with Crippen LogP contribution in [0.4, 0.5) is 0 Å². The molecule has 17 heavy (non-hydrogen) atoms. The van der Waals surface area contributed by atoms with E-state index >= 15 is 0 Å². The molecule has 98 valence electrons. The van der Waals surface area contributed by atoms with Gasteiger partial charge in [0.25, 0.3) is 0 Å². The number of nitriles is 1. The molecule has 8 heteroatoms. The van der Waals surface area contributed by atoms with E-state index in [9.17, 15) is 17.4 Å². The average Bonchev–Trinajstić information content (AvgIpc) is 2.22. The Morgan fingerprint density at radius 2 is 2.06 bits per heavy atom. The fraction of sp³-hybridized carbons (Fsp3) is 0.778. The molecule has 1 atom stereocenters. The molecule has 0 aliphatic carbocycles. The topological polar surface area (TPSA) is 95.3 Å². The predicted octanol–water partition coefficient (Wildman–Crippen LogP) is -0.848. The lowest BCUT2D eigenvalue weighted by Gasteiger charge is -2.14. The monoisotopic (exact) mass is 280 g/mol. The van der Waals surface area contributed by atoms with Crippen molar-refractivity contribution in [1.82, 2.24) is 4.90 Å². The smallest absolute Gasteiger partial charge is 0.234 e. The van der Waals surface area contributed by atoms with Crippen LogP contribution in [0.2, 0.25) is 0 Å². The maximum atomic E-state index is 11.5. The Labute approximate surface area is 104 Å². The second-order valence-electron chi connectivity index (χ2n) is 3.64. The summed E-state index contributed by atoms with van der Waals surface area (Å²) in [5, 5.41) is 8.34. The van der Waals surface area contributed by atoms with E-state index < -0.39 is 20.6 Å². The van der Waals surface area contributed by atoms with Gasteiger partial charge in [-0.1, -0.05) is 0 Å². The third kappa shape index (κ3) is 8.83. The minimum absolute atomic E-state index is 0.0311. The number of nitrogens with zero attached hydrogens (tertiary/aromatic N) is 2. The zero-order chi connectivity index (χ0) is 13.5. The molecule has 0 aliphatic rings. The van der Waals surface area contributed by atoms with Gasteiger partial charge in [-0.2, -0.15) is 5.26 Å². The Kier molecular flexibility index (Phi) is 6.99. The zero-order valence-corrected chi connectivity index (χ0v) is 11.5. The highest BCUT2D eigenvalue weighted by Crippen LogP contribution is 1.94. The normalized spacial score (nSPS) is 12.8. The van der Waals surface area contributed by atoms with Crippen molar-refractivity contribution in [1.29, 1.82) is 5.26 Å². The van der Waals surface area contributed by atoms with Crippen molar-refractivity contribution in [2.24, 2.45) is 0 Å². The molecule has 0 aromatic rings. The number of hydrogen-bond donors (Lipinski definition) is 0. The Hall–Kier alpha value is -0.940. The van der Waals surface area contributed by atoms with Gasteiger partial charge in [0.1, 0.15) is 15.6 Å². The van der Waals surface area contributed by atoms with Gasteiger partial charge in [-0.15, -0.1) is 0 Å². The number of carbonyl (C=O) groups excluding carboxylic acids is 1. The van der Waals surface area contributed by atoms with Crippen LogP contribution in [-0.4, -0.2) is 60.5 Å². The third-order valence-corrected chi connectivity index (χ3v) is 4.38. The standard InChI is InChI=1S/C9H16N2O4S2/c1-11(5-3-4-10)9(12)8-16(13)6-7-17(2,14)15/h3,5-8H2,1-2H3. The van der Waals surface area contributed by atoms with Crippen LogP contribution in [0.1, 0.15) is 6.42 Å². The van der Waals surface area contributed by atoms with Crippen molar-refractivity contribution in [3.63, 3.8) is 0 Å². The Bertz CT molecular complexity index is 425. The Morgan fingerprint density at radius 1 is 1.47 bits per heavy atom. The Morgan fingerprint density at radius 3 is 2.53 bits per heavy atom. The van der Waals surface area contributed by atoms with Crippen LogP contribution < -0.4 is 0 Å². The number of rotatable bonds is 7. The first kappa shape index (κ1) is 16.1. The highest BCUT2D eigenvalue weighted by Gasteiger charge is 2.14. The van der Waals surface area contributed by atoms with Crippen LogP contribution in [0.15, 0.2) is 0 Å². The van der Waals surface area contributed by atoms with Crippen LogP contribution in [-0.2, 0) is 25.4 Å². The highest BCUT2D eigenvalue weighted by molar-refractivity contribution is 7.92. The van der Waals surface area contributed by atoms with Crippen molar-refractivity contribution < 1.29 is 17.4 Å². The fourth-order valence-electron chi connectivity index (χ4n) is 0.907. The average molecular weight is 280 g/mol. The molecule has 0 saturated heterocycles. The number of amides is 1. The van der Waals surface area contributed by atoms with Gasteiger partial charge in [0.15, 0.2) is 0 Å². The lowest BCUT2D eigenvalue weighted by molar-refractivity contribution is -0.127. The summed E-state index contributed by atoms with van der Waals surface area (Å²) >= 11 is 0. The van der Waals surface area contributed by atoms with Gasteiger partial charge < -0.3 is 4.90 Å². The largest absolute Gasteiger partial charge is 0.344 e. The quantitative estimate of drug-likeness (QED) is 0.605. The summed E-state index contributed by atoms with van der Waals surface area (Å²) < 4.78 is 33.1. The molecule has 0 spiro atoms. The van der Waals surface area contributed by atoms with E-state index in [1.54, 1.807) is 0 Å². The highest BCUT2D eigenvalue weighted by atomic mass is 32.2. The SMILES string of the molecule is CN(CCC#N)C(=O)CS(=O)CCS(C)(=O)=O. The Balaban J connectivity index is 4.04. The summed E-state index contributed by atoms with van der Waals surface area (Å²) in [7, 11) is -3.11. The molecule has 0 radical (unpaired) electrons. The van der Waals surface area contributed by atoms with Crippen molar-refractivity contribution in [2.75, 3.05) is 37.1 Å². The minimum atomic E-state index is -3.15. The summed E-state index contributed by atoms with van der Waals surface area (Å²) in [6.45, 7) is 0.290. The van der Waals surface area contributed by atoms with Gasteiger partial charge in [0.05, 0.1) is 18.2 Å². The van der Waals surface area contributed by atoms with Gasteiger partial charge in [-0.05, 0) is 0 Å². The van der Waals surface area contributed by atoms with E-state index in [1.807, 2.05) is 6.07 Å². The molecule has 0 bridgehead atoms. The van der Waals surface area contributed by atoms with E-state index in [-0.39, 0.29) is 29.6 Å². The van der Waals surface area contributed by atoms with Gasteiger partial charge in [0.2, 0.25) is 5.91 Å². The summed E-state index contributed by atoms with van der Waals surface area (Å²) in [6, 6.07) is 1.90. The predicted molar refractivity (Wildman–Crippen MR) is 65.5 cm³/mol. The molecule has 0 fully saturated rings. The van der Waals surface area contributed by atoms with Crippen molar-refractivity contribution in [3.8, 4) is 6.07 Å². The van der Waals surface area contributed by atoms with Crippen LogP contribution in [0.25, 0.3) is 0 Å². The van der Waals surface area contributed by atoms with Gasteiger partial charge in [-0.25, -0.2) is 8.42 Å². The lowest BCUT2D eigenvalue weighted by Crippen LogP contribution is -2.32. The van der Waals surface area contributed by atoms with E-state index in [0.29, 0.717) is 6.54 Å². The number of sulfone groups is 1. The molecule has 0 aliphatic heterocycles. The lowest BCUT2D eigenvalue weighted by atomic mass is 10.4. The summed E-state index contributed by atoms with van der Waals surface area (Å²) in [5.74, 6) is -0.754.